The number of unbranched alkanes of at least 4 members (excludes halogenated alkanes) is 29. The monoisotopic (exact) mass is 668 g/mol. The summed E-state index contributed by atoms with van der Waals surface area (Å²) in [5.41, 5.74) is 0. The smallest absolute Gasteiger partial charge is 0.220 e. The molecule has 0 heterocycles. The zero-order valence-electron chi connectivity index (χ0n) is 31.9. The van der Waals surface area contributed by atoms with Crippen LogP contribution in [0.15, 0.2) is 0 Å². The van der Waals surface area contributed by atoms with Crippen LogP contribution in [0.3, 0.4) is 0 Å². The topological polar surface area (TPSA) is 89.8 Å². The number of nitrogens with one attached hydrogen (secondary N) is 1. The Labute approximate surface area is 294 Å². The van der Waals surface area contributed by atoms with E-state index < -0.39 is 18.2 Å². The summed E-state index contributed by atoms with van der Waals surface area (Å²) in [6.45, 7) is 4.26. The summed E-state index contributed by atoms with van der Waals surface area (Å²) >= 11 is 0. The molecular formula is C42H85NO4. The van der Waals surface area contributed by atoms with Crippen LogP contribution in [-0.4, -0.2) is 46.1 Å². The second-order valence-corrected chi connectivity index (χ2v) is 14.9. The molecule has 5 nitrogen and oxygen atoms in total. The molecule has 0 spiro atoms. The molecule has 0 saturated carbocycles. The molecule has 1 amide bonds. The average Bonchev–Trinajstić information content (AvgIpc) is 3.07. The van der Waals surface area contributed by atoms with E-state index in [1.807, 2.05) is 0 Å². The standard InChI is InChI=1S/C42H85NO4/c1-3-5-7-9-11-13-15-16-17-18-19-20-21-22-23-24-25-27-29-31-33-35-42(47)43-40(38-44)41(46)37-36-39(45)34-32-30-28-26-14-12-10-8-6-4-2/h39-41,44-46H,3-38H2,1-2H3,(H,43,47). The lowest BCUT2D eigenvalue weighted by Gasteiger charge is -2.23. The maximum Gasteiger partial charge on any atom is 0.220 e. The fourth-order valence-electron chi connectivity index (χ4n) is 6.84. The van der Waals surface area contributed by atoms with Crippen molar-refractivity contribution in [3.05, 3.63) is 0 Å². The van der Waals surface area contributed by atoms with E-state index >= 15 is 0 Å². The lowest BCUT2D eigenvalue weighted by atomic mass is 9.99. The number of hydrogen-bond acceptors (Lipinski definition) is 4. The lowest BCUT2D eigenvalue weighted by Crippen LogP contribution is -2.46. The Morgan fingerprint density at radius 1 is 0.447 bits per heavy atom. The van der Waals surface area contributed by atoms with Gasteiger partial charge in [0.15, 0.2) is 0 Å². The van der Waals surface area contributed by atoms with Gasteiger partial charge in [0.1, 0.15) is 0 Å². The minimum absolute atomic E-state index is 0.0909. The molecule has 0 saturated heterocycles. The quantitative estimate of drug-likeness (QED) is 0.0491. The van der Waals surface area contributed by atoms with Gasteiger partial charge in [0, 0.05) is 6.42 Å². The highest BCUT2D eigenvalue weighted by Gasteiger charge is 2.21. The fourth-order valence-corrected chi connectivity index (χ4v) is 6.84. The Morgan fingerprint density at radius 2 is 0.766 bits per heavy atom. The number of carbonyl (C=O) groups excluding carboxylic acids is 1. The number of hydrogen-bond donors (Lipinski definition) is 4. The van der Waals surface area contributed by atoms with Crippen LogP contribution >= 0.6 is 0 Å². The normalized spacial score (nSPS) is 13.6. The van der Waals surface area contributed by atoms with Gasteiger partial charge in [0.05, 0.1) is 24.9 Å². The molecule has 282 valence electrons. The number of amides is 1. The molecule has 47 heavy (non-hydrogen) atoms. The summed E-state index contributed by atoms with van der Waals surface area (Å²) in [7, 11) is 0. The maximum atomic E-state index is 12.4. The maximum absolute atomic E-state index is 12.4. The molecule has 0 bridgehead atoms. The third-order valence-electron chi connectivity index (χ3n) is 10.2. The van der Waals surface area contributed by atoms with E-state index in [-0.39, 0.29) is 12.5 Å². The molecule has 0 aromatic rings. The third-order valence-corrected chi connectivity index (χ3v) is 10.2. The first kappa shape index (κ1) is 46.4. The molecule has 0 aliphatic carbocycles. The van der Waals surface area contributed by atoms with Crippen molar-refractivity contribution in [3.63, 3.8) is 0 Å². The van der Waals surface area contributed by atoms with Crippen molar-refractivity contribution < 1.29 is 20.1 Å². The Hall–Kier alpha value is -0.650. The summed E-state index contributed by atoms with van der Waals surface area (Å²) in [6, 6.07) is -0.651. The van der Waals surface area contributed by atoms with Crippen LogP contribution < -0.4 is 5.32 Å². The lowest BCUT2D eigenvalue weighted by molar-refractivity contribution is -0.123. The van der Waals surface area contributed by atoms with Gasteiger partial charge in [-0.3, -0.25) is 4.79 Å². The fraction of sp³-hybridized carbons (Fsp3) is 0.976. The van der Waals surface area contributed by atoms with E-state index in [4.69, 9.17) is 0 Å². The van der Waals surface area contributed by atoms with Crippen molar-refractivity contribution in [2.75, 3.05) is 6.61 Å². The zero-order chi connectivity index (χ0) is 34.5. The van der Waals surface area contributed by atoms with E-state index in [1.165, 1.54) is 173 Å². The number of aliphatic hydroxyl groups is 3. The second kappa shape index (κ2) is 38.2. The van der Waals surface area contributed by atoms with Gasteiger partial charge in [0.25, 0.3) is 0 Å². The number of aliphatic hydroxyl groups excluding tert-OH is 3. The van der Waals surface area contributed by atoms with Gasteiger partial charge >= 0.3 is 0 Å². The first-order chi connectivity index (χ1) is 23.0. The molecule has 0 aromatic heterocycles. The highest BCUT2D eigenvalue weighted by Crippen LogP contribution is 2.17. The van der Waals surface area contributed by atoms with Crippen molar-refractivity contribution in [2.24, 2.45) is 0 Å². The Bertz CT molecular complexity index is 615. The summed E-state index contributed by atoms with van der Waals surface area (Å²) in [5.74, 6) is -0.0909. The van der Waals surface area contributed by atoms with Gasteiger partial charge in [-0.2, -0.15) is 0 Å². The highest BCUT2D eigenvalue weighted by atomic mass is 16.3. The van der Waals surface area contributed by atoms with Crippen LogP contribution in [0.25, 0.3) is 0 Å². The van der Waals surface area contributed by atoms with Crippen molar-refractivity contribution in [3.8, 4) is 0 Å². The molecule has 3 atom stereocenters. The summed E-state index contributed by atoms with van der Waals surface area (Å²) < 4.78 is 0. The van der Waals surface area contributed by atoms with Crippen LogP contribution in [0.5, 0.6) is 0 Å². The van der Waals surface area contributed by atoms with Gasteiger partial charge in [-0.1, -0.05) is 206 Å². The summed E-state index contributed by atoms with van der Waals surface area (Å²) in [5, 5.41) is 33.4. The van der Waals surface area contributed by atoms with Crippen LogP contribution in [0, 0.1) is 0 Å². The molecule has 0 aromatic carbocycles. The van der Waals surface area contributed by atoms with E-state index in [0.717, 1.165) is 32.1 Å². The van der Waals surface area contributed by atoms with Gasteiger partial charge < -0.3 is 20.6 Å². The zero-order valence-corrected chi connectivity index (χ0v) is 31.9. The summed E-state index contributed by atoms with van der Waals surface area (Å²) in [4.78, 5) is 12.4. The predicted molar refractivity (Wildman–Crippen MR) is 204 cm³/mol. The minimum Gasteiger partial charge on any atom is -0.394 e. The molecule has 0 rings (SSSR count). The van der Waals surface area contributed by atoms with Gasteiger partial charge in [-0.05, 0) is 25.7 Å². The third kappa shape index (κ3) is 35.0. The number of rotatable bonds is 39. The van der Waals surface area contributed by atoms with Gasteiger partial charge in [-0.25, -0.2) is 0 Å². The Morgan fingerprint density at radius 3 is 1.11 bits per heavy atom. The number of carbonyl (C=O) groups is 1. The molecule has 0 aliphatic rings. The molecule has 5 heteroatoms. The SMILES string of the molecule is CCCCCCCCCCCCCCCCCCCCCCCC(=O)NC(CO)C(O)CCC(O)CCCCCCCCCCCC. The molecule has 0 aliphatic heterocycles. The highest BCUT2D eigenvalue weighted by molar-refractivity contribution is 5.76. The molecule has 4 N–H and O–H groups in total. The van der Waals surface area contributed by atoms with E-state index in [9.17, 15) is 20.1 Å². The van der Waals surface area contributed by atoms with Gasteiger partial charge in [0.2, 0.25) is 5.91 Å². The van der Waals surface area contributed by atoms with Crippen molar-refractivity contribution in [1.29, 1.82) is 0 Å². The largest absolute Gasteiger partial charge is 0.394 e. The van der Waals surface area contributed by atoms with Crippen molar-refractivity contribution in [1.82, 2.24) is 5.32 Å². The summed E-state index contributed by atoms with van der Waals surface area (Å²) in [6.07, 6.45) is 41.9. The average molecular weight is 668 g/mol. The Kier molecular flexibility index (Phi) is 37.6. The predicted octanol–water partition coefficient (Wildman–Crippen LogP) is 11.9. The minimum atomic E-state index is -0.828. The second-order valence-electron chi connectivity index (χ2n) is 14.9. The van der Waals surface area contributed by atoms with E-state index in [0.29, 0.717) is 19.3 Å². The molecule has 0 radical (unpaired) electrons. The van der Waals surface area contributed by atoms with Crippen LogP contribution in [0.4, 0.5) is 0 Å². The van der Waals surface area contributed by atoms with Crippen molar-refractivity contribution >= 4 is 5.91 Å². The van der Waals surface area contributed by atoms with E-state index in [1.54, 1.807) is 0 Å². The van der Waals surface area contributed by atoms with E-state index in [2.05, 4.69) is 19.2 Å². The molecule has 3 unspecified atom stereocenters. The first-order valence-electron chi connectivity index (χ1n) is 21.3. The van der Waals surface area contributed by atoms with Crippen LogP contribution in [0.1, 0.15) is 239 Å². The first-order valence-corrected chi connectivity index (χ1v) is 21.3. The molecular weight excluding hydrogens is 582 g/mol. The van der Waals surface area contributed by atoms with Crippen LogP contribution in [-0.2, 0) is 4.79 Å². The van der Waals surface area contributed by atoms with Gasteiger partial charge in [-0.15, -0.1) is 0 Å². The molecule has 0 fully saturated rings. The Balaban J connectivity index is 3.55. The van der Waals surface area contributed by atoms with Crippen molar-refractivity contribution in [2.45, 2.75) is 257 Å². The van der Waals surface area contributed by atoms with Crippen LogP contribution in [0.2, 0.25) is 0 Å².